The predicted octanol–water partition coefficient (Wildman–Crippen LogP) is 5.60. The number of Topliss-reactive ketones (excluding diaryl/α,β-unsaturated/α-hetero) is 1. The predicted molar refractivity (Wildman–Crippen MR) is 116 cm³/mol. The smallest absolute Gasteiger partial charge is 0.347 e. The van der Waals surface area contributed by atoms with Crippen molar-refractivity contribution in [3.63, 3.8) is 0 Å². The van der Waals surface area contributed by atoms with Crippen molar-refractivity contribution in [2.24, 2.45) is 0 Å². The van der Waals surface area contributed by atoms with E-state index in [4.69, 9.17) is 14.2 Å². The molecule has 0 saturated heterocycles. The Morgan fingerprint density at radius 1 is 1.03 bits per heavy atom. The molecule has 4 rings (SSSR count). The maximum absolute atomic E-state index is 12.7. The molecule has 0 amide bonds. The number of carbonyl (C=O) groups is 2. The van der Waals surface area contributed by atoms with Crippen LogP contribution in [0.4, 0.5) is 0 Å². The molecule has 0 N–H and O–H groups in total. The molecule has 0 fully saturated rings. The molecule has 0 aromatic heterocycles. The number of hydrogen-bond acceptors (Lipinski definition) is 5. The fraction of sp³-hybridized carbons (Fsp3) is 0.0833. The standard InChI is InChI=1S/C24H17BrO5/c1-14-19(30-24(27)17-8-3-4-9-20(17)28-2)11-10-18-22(26)21(29-23(14)18)13-15-6-5-7-16(25)12-15/h3-13H,1-2H3/b21-13-. The molecular weight excluding hydrogens is 448 g/mol. The lowest BCUT2D eigenvalue weighted by molar-refractivity contribution is 0.0729. The van der Waals surface area contributed by atoms with Crippen molar-refractivity contribution in [3.05, 3.63) is 93.1 Å². The minimum absolute atomic E-state index is 0.212. The number of rotatable bonds is 4. The molecule has 6 heteroatoms. The van der Waals surface area contributed by atoms with Gasteiger partial charge in [0.1, 0.15) is 22.8 Å². The average molecular weight is 465 g/mol. The largest absolute Gasteiger partial charge is 0.496 e. The number of ether oxygens (including phenoxy) is 3. The Morgan fingerprint density at radius 2 is 1.83 bits per heavy atom. The zero-order valence-electron chi connectivity index (χ0n) is 16.3. The van der Waals surface area contributed by atoms with E-state index in [0.717, 1.165) is 10.0 Å². The minimum Gasteiger partial charge on any atom is -0.496 e. The van der Waals surface area contributed by atoms with Crippen LogP contribution in [0.15, 0.2) is 70.9 Å². The number of allylic oxidation sites excluding steroid dienone is 1. The third kappa shape index (κ3) is 3.74. The number of halogens is 1. The van der Waals surface area contributed by atoms with Crippen LogP contribution < -0.4 is 14.2 Å². The van der Waals surface area contributed by atoms with E-state index >= 15 is 0 Å². The van der Waals surface area contributed by atoms with Gasteiger partial charge in [-0.15, -0.1) is 0 Å². The number of methoxy groups -OCH3 is 1. The van der Waals surface area contributed by atoms with Gasteiger partial charge in [-0.3, -0.25) is 4.79 Å². The summed E-state index contributed by atoms with van der Waals surface area (Å²) in [5.41, 5.74) is 2.15. The van der Waals surface area contributed by atoms with Crippen molar-refractivity contribution in [1.82, 2.24) is 0 Å². The first-order valence-corrected chi connectivity index (χ1v) is 9.96. The molecule has 0 aliphatic carbocycles. The molecule has 0 atom stereocenters. The molecule has 0 unspecified atom stereocenters. The number of para-hydroxylation sites is 1. The Morgan fingerprint density at radius 3 is 2.60 bits per heavy atom. The molecule has 3 aromatic carbocycles. The monoisotopic (exact) mass is 464 g/mol. The molecule has 0 radical (unpaired) electrons. The van der Waals surface area contributed by atoms with Crippen LogP contribution in [0.5, 0.6) is 17.2 Å². The second-order valence-corrected chi connectivity index (χ2v) is 7.57. The molecular formula is C24H17BrO5. The van der Waals surface area contributed by atoms with Gasteiger partial charge in [-0.1, -0.05) is 40.2 Å². The molecule has 150 valence electrons. The highest BCUT2D eigenvalue weighted by atomic mass is 79.9. The van der Waals surface area contributed by atoms with E-state index in [2.05, 4.69) is 15.9 Å². The summed E-state index contributed by atoms with van der Waals surface area (Å²) in [7, 11) is 1.49. The van der Waals surface area contributed by atoms with Gasteiger partial charge in [-0.05, 0) is 55.0 Å². The van der Waals surface area contributed by atoms with Gasteiger partial charge in [0.05, 0.1) is 12.7 Å². The zero-order chi connectivity index (χ0) is 21.3. The van der Waals surface area contributed by atoms with Gasteiger partial charge >= 0.3 is 5.97 Å². The van der Waals surface area contributed by atoms with Gasteiger partial charge in [0.2, 0.25) is 5.78 Å². The van der Waals surface area contributed by atoms with Crippen molar-refractivity contribution >= 4 is 33.8 Å². The van der Waals surface area contributed by atoms with E-state index in [1.54, 1.807) is 49.4 Å². The van der Waals surface area contributed by atoms with Crippen molar-refractivity contribution in [3.8, 4) is 17.2 Å². The molecule has 1 aliphatic heterocycles. The van der Waals surface area contributed by atoms with Crippen LogP contribution in [0.3, 0.4) is 0 Å². The summed E-state index contributed by atoms with van der Waals surface area (Å²) in [6.45, 7) is 1.75. The van der Waals surface area contributed by atoms with Crippen molar-refractivity contribution in [1.29, 1.82) is 0 Å². The Kier molecular flexibility index (Phi) is 5.42. The van der Waals surface area contributed by atoms with Gasteiger partial charge in [0.25, 0.3) is 0 Å². The van der Waals surface area contributed by atoms with Crippen molar-refractivity contribution in [2.45, 2.75) is 6.92 Å². The lowest BCUT2D eigenvalue weighted by Gasteiger charge is -2.11. The van der Waals surface area contributed by atoms with Crippen LogP contribution in [0, 0.1) is 6.92 Å². The van der Waals surface area contributed by atoms with E-state index in [1.165, 1.54) is 7.11 Å². The van der Waals surface area contributed by atoms with Gasteiger partial charge in [0.15, 0.2) is 5.76 Å². The van der Waals surface area contributed by atoms with Gasteiger partial charge in [-0.2, -0.15) is 0 Å². The molecule has 0 bridgehead atoms. The fourth-order valence-electron chi connectivity index (χ4n) is 3.19. The topological polar surface area (TPSA) is 61.8 Å². The number of esters is 1. The second kappa shape index (κ2) is 8.16. The lowest BCUT2D eigenvalue weighted by atomic mass is 10.1. The molecule has 5 nitrogen and oxygen atoms in total. The Balaban J connectivity index is 1.63. The number of benzene rings is 3. The van der Waals surface area contributed by atoms with Gasteiger partial charge < -0.3 is 14.2 Å². The summed E-state index contributed by atoms with van der Waals surface area (Å²) in [5.74, 6) is 0.597. The molecule has 0 saturated carbocycles. The van der Waals surface area contributed by atoms with Gasteiger partial charge in [-0.25, -0.2) is 4.79 Å². The molecule has 0 spiro atoms. The summed E-state index contributed by atoms with van der Waals surface area (Å²) < 4.78 is 17.5. The third-order valence-electron chi connectivity index (χ3n) is 4.71. The number of hydrogen-bond donors (Lipinski definition) is 0. The maximum Gasteiger partial charge on any atom is 0.347 e. The molecule has 1 heterocycles. The van der Waals surface area contributed by atoms with Crippen LogP contribution in [0.2, 0.25) is 0 Å². The second-order valence-electron chi connectivity index (χ2n) is 6.65. The SMILES string of the molecule is COc1ccccc1C(=O)Oc1ccc2c(c1C)O/C(=C\c1cccc(Br)c1)C2=O. The summed E-state index contributed by atoms with van der Waals surface area (Å²) in [5, 5.41) is 0. The number of fused-ring (bicyclic) bond motifs is 1. The quantitative estimate of drug-likeness (QED) is 0.285. The highest BCUT2D eigenvalue weighted by Gasteiger charge is 2.30. The van der Waals surface area contributed by atoms with Crippen LogP contribution in [-0.4, -0.2) is 18.9 Å². The first-order valence-electron chi connectivity index (χ1n) is 9.16. The fourth-order valence-corrected chi connectivity index (χ4v) is 3.61. The van der Waals surface area contributed by atoms with Crippen LogP contribution >= 0.6 is 15.9 Å². The van der Waals surface area contributed by atoms with E-state index in [9.17, 15) is 9.59 Å². The Hall–Kier alpha value is -3.38. The summed E-state index contributed by atoms with van der Waals surface area (Å²) in [6.07, 6.45) is 1.69. The molecule has 1 aliphatic rings. The van der Waals surface area contributed by atoms with E-state index in [1.807, 2.05) is 24.3 Å². The first kappa shape index (κ1) is 19.9. The normalized spacial score (nSPS) is 13.7. The van der Waals surface area contributed by atoms with E-state index < -0.39 is 5.97 Å². The summed E-state index contributed by atoms with van der Waals surface area (Å²) in [4.78, 5) is 25.4. The van der Waals surface area contributed by atoms with E-state index in [-0.39, 0.29) is 11.5 Å². The maximum atomic E-state index is 12.7. The first-order chi connectivity index (χ1) is 14.5. The summed E-state index contributed by atoms with van der Waals surface area (Å²) in [6, 6.07) is 17.6. The zero-order valence-corrected chi connectivity index (χ0v) is 17.9. The third-order valence-corrected chi connectivity index (χ3v) is 5.21. The molecule has 3 aromatic rings. The Bertz CT molecular complexity index is 1200. The Labute approximate surface area is 182 Å². The van der Waals surface area contributed by atoms with Crippen LogP contribution in [0.1, 0.15) is 31.8 Å². The minimum atomic E-state index is -0.551. The van der Waals surface area contributed by atoms with Crippen LogP contribution in [0.25, 0.3) is 6.08 Å². The molecule has 30 heavy (non-hydrogen) atoms. The average Bonchev–Trinajstić information content (AvgIpc) is 3.06. The number of carbonyl (C=O) groups excluding carboxylic acids is 2. The lowest BCUT2D eigenvalue weighted by Crippen LogP contribution is -2.11. The van der Waals surface area contributed by atoms with Crippen LogP contribution in [-0.2, 0) is 0 Å². The van der Waals surface area contributed by atoms with Gasteiger partial charge in [0, 0.05) is 10.0 Å². The van der Waals surface area contributed by atoms with Crippen molar-refractivity contribution < 1.29 is 23.8 Å². The summed E-state index contributed by atoms with van der Waals surface area (Å²) >= 11 is 3.42. The number of ketones is 1. The van der Waals surface area contributed by atoms with Crippen molar-refractivity contribution in [2.75, 3.05) is 7.11 Å². The highest BCUT2D eigenvalue weighted by molar-refractivity contribution is 9.10. The van der Waals surface area contributed by atoms with E-state index in [0.29, 0.717) is 33.9 Å². The highest BCUT2D eigenvalue weighted by Crippen LogP contribution is 2.39.